The van der Waals surface area contributed by atoms with Gasteiger partial charge in [-0.25, -0.2) is 15.0 Å². The van der Waals surface area contributed by atoms with Crippen LogP contribution in [-0.2, 0) is 0 Å². The third-order valence-electron chi connectivity index (χ3n) is 6.14. The molecule has 6 N–H and O–H groups in total. The maximum Gasteiger partial charge on any atom is 0.293 e. The lowest BCUT2D eigenvalue weighted by atomic mass is 9.90. The van der Waals surface area contributed by atoms with Crippen molar-refractivity contribution in [3.8, 4) is 0 Å². The first-order valence-corrected chi connectivity index (χ1v) is 11.3. The number of nitrogens with zero attached hydrogens (tertiary/aromatic N) is 3. The molecule has 0 bridgehead atoms. The number of hydrogen-bond donors (Lipinski definition) is 4. The van der Waals surface area contributed by atoms with Crippen molar-refractivity contribution in [2.75, 3.05) is 10.6 Å². The molecule has 3 aromatic rings. The minimum atomic E-state index is -0.345. The van der Waals surface area contributed by atoms with Crippen LogP contribution in [0.3, 0.4) is 0 Å². The van der Waals surface area contributed by atoms with E-state index in [9.17, 15) is 4.79 Å². The second kappa shape index (κ2) is 9.44. The maximum absolute atomic E-state index is 13.2. The highest BCUT2D eigenvalue weighted by Gasteiger charge is 2.26. The van der Waals surface area contributed by atoms with Gasteiger partial charge in [0.2, 0.25) is 5.82 Å². The second-order valence-corrected chi connectivity index (χ2v) is 8.79. The first-order valence-electron chi connectivity index (χ1n) is 11.3. The van der Waals surface area contributed by atoms with Gasteiger partial charge in [-0.05, 0) is 56.9 Å². The molecule has 1 heterocycles. The lowest BCUT2D eigenvalue weighted by Gasteiger charge is -2.30. The lowest BCUT2D eigenvalue weighted by Crippen LogP contribution is -2.38. The molecule has 1 aromatic heterocycles. The van der Waals surface area contributed by atoms with Crippen LogP contribution in [0.1, 0.15) is 53.0 Å². The Morgan fingerprint density at radius 1 is 1.03 bits per heavy atom. The summed E-state index contributed by atoms with van der Waals surface area (Å²) in [5.74, 6) is 0.483. The molecule has 33 heavy (non-hydrogen) atoms. The van der Waals surface area contributed by atoms with E-state index < -0.39 is 0 Å². The van der Waals surface area contributed by atoms with Crippen LogP contribution in [0.5, 0.6) is 0 Å². The molecule has 0 unspecified atom stereocenters. The third-order valence-corrected chi connectivity index (χ3v) is 6.14. The average Bonchev–Trinajstić information content (AvgIpc) is 2.77. The number of benzene rings is 2. The molecule has 1 fully saturated rings. The Bertz CT molecular complexity index is 1200. The molecule has 8 nitrogen and oxygen atoms in total. The number of carbonyl (C=O) groups is 1. The topological polar surface area (TPSA) is 131 Å². The first-order chi connectivity index (χ1) is 15.8. The van der Waals surface area contributed by atoms with Crippen LogP contribution in [-0.4, -0.2) is 33.9 Å². The van der Waals surface area contributed by atoms with Crippen LogP contribution in [0.2, 0.25) is 0 Å². The van der Waals surface area contributed by atoms with Crippen LogP contribution in [0.25, 0.3) is 10.9 Å². The zero-order chi connectivity index (χ0) is 23.5. The quantitative estimate of drug-likeness (QED) is 0.349. The zero-order valence-electron chi connectivity index (χ0n) is 19.4. The van der Waals surface area contributed by atoms with E-state index in [1.165, 1.54) is 0 Å². The fourth-order valence-corrected chi connectivity index (χ4v) is 4.44. The molecule has 0 saturated heterocycles. The van der Waals surface area contributed by atoms with Crippen molar-refractivity contribution in [3.63, 3.8) is 0 Å². The Kier molecular flexibility index (Phi) is 6.44. The molecular formula is C25H31N7O. The fourth-order valence-electron chi connectivity index (χ4n) is 4.44. The van der Waals surface area contributed by atoms with Gasteiger partial charge in [0.25, 0.3) is 5.91 Å². The van der Waals surface area contributed by atoms with Crippen molar-refractivity contribution in [3.05, 3.63) is 58.9 Å². The molecule has 4 rings (SSSR count). The van der Waals surface area contributed by atoms with E-state index >= 15 is 0 Å². The van der Waals surface area contributed by atoms with Crippen LogP contribution < -0.4 is 22.1 Å². The summed E-state index contributed by atoms with van der Waals surface area (Å²) >= 11 is 0. The number of rotatable bonds is 5. The Hall–Kier alpha value is -3.68. The minimum Gasteiger partial charge on any atom is -0.370 e. The fraction of sp³-hybridized carbons (Fsp3) is 0.360. The van der Waals surface area contributed by atoms with Gasteiger partial charge in [0.05, 0.1) is 17.6 Å². The average molecular weight is 446 g/mol. The number of carbonyl (C=O) groups excluding carboxylic acids is 1. The summed E-state index contributed by atoms with van der Waals surface area (Å²) in [7, 11) is 0. The summed E-state index contributed by atoms with van der Waals surface area (Å²) in [5.41, 5.74) is 15.9. The smallest absolute Gasteiger partial charge is 0.293 e. The maximum atomic E-state index is 13.2. The number of fused-ring (bicyclic) bond motifs is 1. The summed E-state index contributed by atoms with van der Waals surface area (Å²) in [6, 6.07) is 11.8. The minimum absolute atomic E-state index is 0.0222. The van der Waals surface area contributed by atoms with Gasteiger partial charge in [-0.15, -0.1) is 0 Å². The van der Waals surface area contributed by atoms with Crippen molar-refractivity contribution in [1.29, 1.82) is 0 Å². The van der Waals surface area contributed by atoms with Gasteiger partial charge in [0, 0.05) is 11.1 Å². The number of para-hydroxylation sites is 1. The number of guanidine groups is 1. The van der Waals surface area contributed by atoms with Gasteiger partial charge in [-0.1, -0.05) is 42.7 Å². The molecule has 0 radical (unpaired) electrons. The van der Waals surface area contributed by atoms with Crippen molar-refractivity contribution < 1.29 is 4.79 Å². The van der Waals surface area contributed by atoms with Crippen molar-refractivity contribution in [1.82, 2.24) is 9.97 Å². The number of aliphatic imine (C=N–C) groups is 1. The van der Waals surface area contributed by atoms with Gasteiger partial charge in [-0.3, -0.25) is 4.79 Å². The van der Waals surface area contributed by atoms with E-state index in [1.54, 1.807) is 0 Å². The van der Waals surface area contributed by atoms with Crippen LogP contribution in [0.4, 0.5) is 11.5 Å². The summed E-state index contributed by atoms with van der Waals surface area (Å²) in [6.07, 6.45) is 3.98. The monoisotopic (exact) mass is 445 g/mol. The summed E-state index contributed by atoms with van der Waals surface area (Å²) in [6.45, 7) is 5.95. The van der Waals surface area contributed by atoms with E-state index in [0.717, 1.165) is 53.4 Å². The van der Waals surface area contributed by atoms with E-state index in [1.807, 2.05) is 57.2 Å². The number of amides is 1. The number of nitrogens with two attached hydrogens (primary N) is 2. The number of aromatic nitrogens is 2. The van der Waals surface area contributed by atoms with Crippen molar-refractivity contribution in [2.45, 2.75) is 58.5 Å². The third kappa shape index (κ3) is 5.05. The van der Waals surface area contributed by atoms with Crippen LogP contribution in [0, 0.1) is 20.8 Å². The Morgan fingerprint density at radius 2 is 1.76 bits per heavy atom. The molecule has 1 saturated carbocycles. The number of hydrogen-bond acceptors (Lipinski definition) is 5. The Labute approximate surface area is 193 Å². The molecule has 0 aliphatic heterocycles. The predicted octanol–water partition coefficient (Wildman–Crippen LogP) is 3.80. The molecule has 1 aliphatic carbocycles. The standard InChI is InChI=1S/C25H31N7O/c1-14-11-12-18-17(13-14)22(29-19-9-4-5-10-20(19)30-25(26)27)32-23(28-18)24(33)31-21-15(2)7-6-8-16(21)3/h6-8,11-13,19-20H,4-5,9-10H2,1-3H3,(H,31,33)(H4,26,27,30)(H,28,29,32)/t19-,20+/m0/s1. The largest absolute Gasteiger partial charge is 0.370 e. The molecule has 8 heteroatoms. The zero-order valence-corrected chi connectivity index (χ0v) is 19.4. The molecule has 1 aliphatic rings. The Balaban J connectivity index is 1.72. The van der Waals surface area contributed by atoms with E-state index in [0.29, 0.717) is 11.3 Å². The van der Waals surface area contributed by atoms with Crippen molar-refractivity contribution >= 4 is 34.3 Å². The van der Waals surface area contributed by atoms with Crippen LogP contribution >= 0.6 is 0 Å². The van der Waals surface area contributed by atoms with Gasteiger partial charge in [0.15, 0.2) is 5.96 Å². The molecule has 2 aromatic carbocycles. The number of anilines is 2. The van der Waals surface area contributed by atoms with Gasteiger partial charge < -0.3 is 22.1 Å². The number of nitrogens with one attached hydrogen (secondary N) is 2. The highest BCUT2D eigenvalue weighted by molar-refractivity contribution is 6.04. The first kappa shape index (κ1) is 22.5. The SMILES string of the molecule is Cc1ccc2nc(C(=O)Nc3c(C)cccc3C)nc(N[C@H]3CCCC[C@H]3N=C(N)N)c2c1. The second-order valence-electron chi connectivity index (χ2n) is 8.79. The van der Waals surface area contributed by atoms with E-state index in [4.69, 9.17) is 11.5 Å². The van der Waals surface area contributed by atoms with Gasteiger partial charge in [-0.2, -0.15) is 0 Å². The summed E-state index contributed by atoms with van der Waals surface area (Å²) in [4.78, 5) is 26.8. The number of aryl methyl sites for hydroxylation is 3. The van der Waals surface area contributed by atoms with Crippen molar-refractivity contribution in [2.24, 2.45) is 16.5 Å². The highest BCUT2D eigenvalue weighted by Crippen LogP contribution is 2.28. The molecular weight excluding hydrogens is 414 g/mol. The predicted molar refractivity (Wildman–Crippen MR) is 134 cm³/mol. The highest BCUT2D eigenvalue weighted by atomic mass is 16.2. The van der Waals surface area contributed by atoms with E-state index in [-0.39, 0.29) is 29.8 Å². The summed E-state index contributed by atoms with van der Waals surface area (Å²) < 4.78 is 0. The van der Waals surface area contributed by atoms with Gasteiger partial charge >= 0.3 is 0 Å². The van der Waals surface area contributed by atoms with E-state index in [2.05, 4.69) is 25.6 Å². The lowest BCUT2D eigenvalue weighted by molar-refractivity contribution is 0.101. The van der Waals surface area contributed by atoms with Crippen LogP contribution in [0.15, 0.2) is 41.4 Å². The summed E-state index contributed by atoms with van der Waals surface area (Å²) in [5, 5.41) is 7.40. The van der Waals surface area contributed by atoms with Gasteiger partial charge in [0.1, 0.15) is 5.82 Å². The molecule has 0 spiro atoms. The normalized spacial score (nSPS) is 18.0. The molecule has 1 amide bonds. The Morgan fingerprint density at radius 3 is 2.48 bits per heavy atom. The molecule has 172 valence electrons. The molecule has 2 atom stereocenters.